The Kier molecular flexibility index (Phi) is 3.34. The molecule has 0 aromatic rings. The zero-order valence-electron chi connectivity index (χ0n) is 7.10. The summed E-state index contributed by atoms with van der Waals surface area (Å²) in [5.41, 5.74) is 0.197. The second-order valence-electron chi connectivity index (χ2n) is 3.69. The minimum Gasteiger partial charge on any atom is -0.352 e. The van der Waals surface area contributed by atoms with Crippen molar-refractivity contribution in [2.75, 3.05) is 18.5 Å². The van der Waals surface area contributed by atoms with E-state index in [-0.39, 0.29) is 11.7 Å². The van der Waals surface area contributed by atoms with Crippen molar-refractivity contribution in [1.82, 2.24) is 0 Å². The summed E-state index contributed by atoms with van der Waals surface area (Å²) in [5, 5.41) is 0.943. The molecule has 1 saturated heterocycles. The maximum atomic E-state index is 5.48. The van der Waals surface area contributed by atoms with Crippen LogP contribution in [0.25, 0.3) is 0 Å². The number of alkyl halides is 1. The lowest BCUT2D eigenvalue weighted by atomic mass is 9.95. The Bertz CT molecular complexity index is 115. The van der Waals surface area contributed by atoms with E-state index >= 15 is 0 Å². The monoisotopic (exact) mass is 222 g/mol. The molecular formula is C8H15BrO2. The average molecular weight is 223 g/mol. The Labute approximate surface area is 76.4 Å². The van der Waals surface area contributed by atoms with Crippen molar-refractivity contribution in [1.29, 1.82) is 0 Å². The van der Waals surface area contributed by atoms with Crippen molar-refractivity contribution < 1.29 is 9.47 Å². The van der Waals surface area contributed by atoms with Gasteiger partial charge >= 0.3 is 0 Å². The first-order valence-corrected chi connectivity index (χ1v) is 5.05. The van der Waals surface area contributed by atoms with Crippen LogP contribution in [0.1, 0.15) is 20.3 Å². The van der Waals surface area contributed by atoms with E-state index in [1.807, 2.05) is 0 Å². The highest BCUT2D eigenvalue weighted by atomic mass is 79.9. The molecule has 0 aromatic carbocycles. The average Bonchev–Trinajstić information content (AvgIpc) is 1.94. The van der Waals surface area contributed by atoms with E-state index in [9.17, 15) is 0 Å². The van der Waals surface area contributed by atoms with Crippen molar-refractivity contribution in [2.45, 2.75) is 26.6 Å². The number of hydrogen-bond donors (Lipinski definition) is 0. The molecule has 1 heterocycles. The molecule has 2 nitrogen and oxygen atoms in total. The SMILES string of the molecule is CC1(C)COC(CCBr)OC1. The molecule has 0 radical (unpaired) electrons. The van der Waals surface area contributed by atoms with Gasteiger partial charge in [0.05, 0.1) is 13.2 Å². The first kappa shape index (κ1) is 9.49. The highest BCUT2D eigenvalue weighted by Gasteiger charge is 2.27. The van der Waals surface area contributed by atoms with Crippen molar-refractivity contribution in [3.05, 3.63) is 0 Å². The van der Waals surface area contributed by atoms with E-state index in [1.165, 1.54) is 0 Å². The van der Waals surface area contributed by atoms with Crippen LogP contribution in [-0.2, 0) is 9.47 Å². The van der Waals surface area contributed by atoms with Crippen molar-refractivity contribution in [2.24, 2.45) is 5.41 Å². The number of hydrogen-bond acceptors (Lipinski definition) is 2. The van der Waals surface area contributed by atoms with E-state index in [2.05, 4.69) is 29.8 Å². The van der Waals surface area contributed by atoms with E-state index in [0.717, 1.165) is 25.0 Å². The molecule has 1 aliphatic heterocycles. The predicted molar refractivity (Wildman–Crippen MR) is 47.9 cm³/mol. The number of ether oxygens (including phenoxy) is 2. The second-order valence-corrected chi connectivity index (χ2v) is 4.49. The van der Waals surface area contributed by atoms with Gasteiger partial charge in [-0.1, -0.05) is 29.8 Å². The van der Waals surface area contributed by atoms with Crippen molar-refractivity contribution in [3.63, 3.8) is 0 Å². The van der Waals surface area contributed by atoms with Gasteiger partial charge in [-0.3, -0.25) is 0 Å². The van der Waals surface area contributed by atoms with Gasteiger partial charge in [0.25, 0.3) is 0 Å². The Hall–Kier alpha value is 0.400. The van der Waals surface area contributed by atoms with Gasteiger partial charge in [0.15, 0.2) is 6.29 Å². The smallest absolute Gasteiger partial charge is 0.158 e. The van der Waals surface area contributed by atoms with E-state index in [1.54, 1.807) is 0 Å². The van der Waals surface area contributed by atoms with E-state index in [0.29, 0.717) is 0 Å². The van der Waals surface area contributed by atoms with Crippen LogP contribution in [0.4, 0.5) is 0 Å². The van der Waals surface area contributed by atoms with Gasteiger partial charge in [-0.15, -0.1) is 0 Å². The van der Waals surface area contributed by atoms with Crippen molar-refractivity contribution >= 4 is 15.9 Å². The summed E-state index contributed by atoms with van der Waals surface area (Å²) in [6, 6.07) is 0. The highest BCUT2D eigenvalue weighted by Crippen LogP contribution is 2.24. The summed E-state index contributed by atoms with van der Waals surface area (Å²) in [6.07, 6.45) is 0.957. The van der Waals surface area contributed by atoms with Gasteiger partial charge in [0, 0.05) is 17.2 Å². The summed E-state index contributed by atoms with van der Waals surface area (Å²) in [4.78, 5) is 0. The van der Waals surface area contributed by atoms with Crippen molar-refractivity contribution in [3.8, 4) is 0 Å². The minimum atomic E-state index is 0.0161. The number of halogens is 1. The molecule has 0 aromatic heterocycles. The van der Waals surface area contributed by atoms with Crippen LogP contribution < -0.4 is 0 Å². The normalized spacial score (nSPS) is 25.4. The van der Waals surface area contributed by atoms with Gasteiger partial charge < -0.3 is 9.47 Å². The quantitative estimate of drug-likeness (QED) is 0.668. The third kappa shape index (κ3) is 3.09. The van der Waals surface area contributed by atoms with Gasteiger partial charge in [-0.2, -0.15) is 0 Å². The fourth-order valence-electron chi connectivity index (χ4n) is 0.983. The molecule has 0 bridgehead atoms. The van der Waals surface area contributed by atoms with Gasteiger partial charge in [0.1, 0.15) is 0 Å². The van der Waals surface area contributed by atoms with E-state index in [4.69, 9.17) is 9.47 Å². The maximum absolute atomic E-state index is 5.48. The maximum Gasteiger partial charge on any atom is 0.158 e. The molecule has 0 saturated carbocycles. The molecule has 1 fully saturated rings. The fraction of sp³-hybridized carbons (Fsp3) is 1.00. The van der Waals surface area contributed by atoms with Crippen LogP contribution in [0.2, 0.25) is 0 Å². The first-order chi connectivity index (χ1) is 5.14. The lowest BCUT2D eigenvalue weighted by Gasteiger charge is -2.34. The molecule has 0 atom stereocenters. The molecule has 3 heteroatoms. The number of rotatable bonds is 2. The third-order valence-corrected chi connectivity index (χ3v) is 2.12. The zero-order chi connectivity index (χ0) is 8.32. The Morgan fingerprint density at radius 3 is 2.36 bits per heavy atom. The summed E-state index contributed by atoms with van der Waals surface area (Å²) in [7, 11) is 0. The van der Waals surface area contributed by atoms with Crippen LogP contribution >= 0.6 is 15.9 Å². The Morgan fingerprint density at radius 1 is 1.36 bits per heavy atom. The molecule has 0 unspecified atom stereocenters. The third-order valence-electron chi connectivity index (χ3n) is 1.66. The topological polar surface area (TPSA) is 18.5 Å². The molecule has 0 spiro atoms. The van der Waals surface area contributed by atoms with Gasteiger partial charge in [-0.05, 0) is 0 Å². The molecule has 11 heavy (non-hydrogen) atoms. The summed E-state index contributed by atoms with van der Waals surface area (Å²) < 4.78 is 11.0. The molecule has 1 aliphatic rings. The van der Waals surface area contributed by atoms with Crippen LogP contribution in [-0.4, -0.2) is 24.8 Å². The summed E-state index contributed by atoms with van der Waals surface area (Å²) >= 11 is 3.35. The van der Waals surface area contributed by atoms with Crippen LogP contribution in [0.3, 0.4) is 0 Å². The zero-order valence-corrected chi connectivity index (χ0v) is 8.69. The summed E-state index contributed by atoms with van der Waals surface area (Å²) in [5.74, 6) is 0. The summed E-state index contributed by atoms with van der Waals surface area (Å²) in [6.45, 7) is 5.92. The molecule has 0 aliphatic carbocycles. The van der Waals surface area contributed by atoms with Gasteiger partial charge in [0.2, 0.25) is 0 Å². The van der Waals surface area contributed by atoms with Crippen LogP contribution in [0.15, 0.2) is 0 Å². The molecule has 0 amide bonds. The fourth-order valence-corrected chi connectivity index (χ4v) is 1.36. The molecular weight excluding hydrogens is 208 g/mol. The lowest BCUT2D eigenvalue weighted by Crippen LogP contribution is -2.37. The molecule has 0 N–H and O–H groups in total. The minimum absolute atomic E-state index is 0.0161. The predicted octanol–water partition coefficient (Wildman–Crippen LogP) is 2.17. The lowest BCUT2D eigenvalue weighted by molar-refractivity contribution is -0.221. The Morgan fingerprint density at radius 2 is 1.91 bits per heavy atom. The van der Waals surface area contributed by atoms with Crippen LogP contribution in [0.5, 0.6) is 0 Å². The van der Waals surface area contributed by atoms with Crippen LogP contribution in [0, 0.1) is 5.41 Å². The van der Waals surface area contributed by atoms with Gasteiger partial charge in [-0.25, -0.2) is 0 Å². The molecule has 66 valence electrons. The second kappa shape index (κ2) is 3.87. The largest absolute Gasteiger partial charge is 0.352 e. The Balaban J connectivity index is 2.25. The van der Waals surface area contributed by atoms with E-state index < -0.39 is 0 Å². The standard InChI is InChI=1S/C8H15BrO2/c1-8(2)5-10-7(3-4-9)11-6-8/h7H,3-6H2,1-2H3. The highest BCUT2D eigenvalue weighted by molar-refractivity contribution is 9.09. The first-order valence-electron chi connectivity index (χ1n) is 3.93. The molecule has 1 rings (SSSR count).